The lowest BCUT2D eigenvalue weighted by atomic mass is 10.1. The summed E-state index contributed by atoms with van der Waals surface area (Å²) in [6.45, 7) is 1.84. The van der Waals surface area contributed by atoms with Crippen molar-refractivity contribution in [1.82, 2.24) is 4.98 Å². The number of nitrogens with zero attached hydrogens (tertiary/aromatic N) is 1. The molecule has 0 unspecified atom stereocenters. The molecule has 0 aliphatic heterocycles. The Kier molecular flexibility index (Phi) is 3.97. The zero-order chi connectivity index (χ0) is 18.1. The maximum Gasteiger partial charge on any atom is 0.340 e. The van der Waals surface area contributed by atoms with Crippen LogP contribution < -0.4 is 5.43 Å². The molecule has 0 spiro atoms. The minimum atomic E-state index is -0.520. The second kappa shape index (κ2) is 6.44. The number of para-hydroxylation sites is 1. The van der Waals surface area contributed by atoms with Crippen molar-refractivity contribution in [3.63, 3.8) is 0 Å². The average molecular weight is 345 g/mol. The summed E-state index contributed by atoms with van der Waals surface area (Å²) in [6.07, 6.45) is 0. The molecule has 0 amide bonds. The van der Waals surface area contributed by atoms with Crippen molar-refractivity contribution in [3.05, 3.63) is 87.7 Å². The monoisotopic (exact) mass is 345 g/mol. The SMILES string of the molecule is Cc1nc2oc3ccccc3c(=O)c2cc1C(=O)OCc1ccccc1. The summed E-state index contributed by atoms with van der Waals surface area (Å²) in [5, 5.41) is 0.718. The van der Waals surface area contributed by atoms with Gasteiger partial charge in [0.05, 0.1) is 22.0 Å². The fourth-order valence-corrected chi connectivity index (χ4v) is 2.82. The van der Waals surface area contributed by atoms with E-state index in [-0.39, 0.29) is 28.7 Å². The van der Waals surface area contributed by atoms with Gasteiger partial charge in [-0.15, -0.1) is 0 Å². The van der Waals surface area contributed by atoms with E-state index < -0.39 is 5.97 Å². The van der Waals surface area contributed by atoms with Crippen LogP contribution in [0, 0.1) is 6.92 Å². The van der Waals surface area contributed by atoms with Crippen LogP contribution in [0.25, 0.3) is 22.1 Å². The van der Waals surface area contributed by atoms with E-state index in [4.69, 9.17) is 9.15 Å². The molecule has 2 heterocycles. The summed E-state index contributed by atoms with van der Waals surface area (Å²) in [5.74, 6) is -0.520. The van der Waals surface area contributed by atoms with E-state index in [1.54, 1.807) is 31.2 Å². The van der Waals surface area contributed by atoms with Gasteiger partial charge in [-0.2, -0.15) is 0 Å². The molecule has 128 valence electrons. The highest BCUT2D eigenvalue weighted by Gasteiger charge is 2.17. The van der Waals surface area contributed by atoms with Crippen LogP contribution in [0.1, 0.15) is 21.6 Å². The summed E-state index contributed by atoms with van der Waals surface area (Å²) < 4.78 is 11.1. The Bertz CT molecular complexity index is 1180. The molecule has 0 aliphatic carbocycles. The lowest BCUT2D eigenvalue weighted by molar-refractivity contribution is 0.0471. The third-order valence-corrected chi connectivity index (χ3v) is 4.19. The largest absolute Gasteiger partial charge is 0.457 e. The fourth-order valence-electron chi connectivity index (χ4n) is 2.82. The van der Waals surface area contributed by atoms with Gasteiger partial charge in [0.1, 0.15) is 12.2 Å². The van der Waals surface area contributed by atoms with Gasteiger partial charge in [-0.3, -0.25) is 4.79 Å². The summed E-state index contributed by atoms with van der Waals surface area (Å²) in [6, 6.07) is 17.9. The maximum atomic E-state index is 12.7. The number of hydrogen-bond acceptors (Lipinski definition) is 5. The molecule has 4 aromatic rings. The summed E-state index contributed by atoms with van der Waals surface area (Å²) in [4.78, 5) is 29.5. The molecule has 26 heavy (non-hydrogen) atoms. The highest BCUT2D eigenvalue weighted by Crippen LogP contribution is 2.20. The van der Waals surface area contributed by atoms with Crippen LogP contribution in [-0.2, 0) is 11.3 Å². The number of benzene rings is 2. The normalized spacial score (nSPS) is 11.0. The lowest BCUT2D eigenvalue weighted by Gasteiger charge is -2.08. The number of carbonyl (C=O) groups is 1. The molecule has 4 rings (SSSR count). The van der Waals surface area contributed by atoms with Crippen LogP contribution in [0.2, 0.25) is 0 Å². The van der Waals surface area contributed by atoms with E-state index in [1.165, 1.54) is 6.07 Å². The third-order valence-electron chi connectivity index (χ3n) is 4.19. The molecule has 0 saturated carbocycles. The minimum absolute atomic E-state index is 0.156. The molecule has 2 aromatic carbocycles. The number of ether oxygens (including phenoxy) is 1. The molecule has 5 heteroatoms. The van der Waals surface area contributed by atoms with Crippen molar-refractivity contribution in [3.8, 4) is 0 Å². The first-order valence-corrected chi connectivity index (χ1v) is 8.18. The van der Waals surface area contributed by atoms with Gasteiger partial charge >= 0.3 is 5.97 Å². The van der Waals surface area contributed by atoms with Gasteiger partial charge in [-0.25, -0.2) is 9.78 Å². The van der Waals surface area contributed by atoms with Gasteiger partial charge < -0.3 is 9.15 Å². The zero-order valence-corrected chi connectivity index (χ0v) is 14.1. The zero-order valence-electron chi connectivity index (χ0n) is 14.1. The predicted molar refractivity (Wildman–Crippen MR) is 98.1 cm³/mol. The minimum Gasteiger partial charge on any atom is -0.457 e. The van der Waals surface area contributed by atoms with E-state index >= 15 is 0 Å². The molecular formula is C21H15NO4. The molecule has 5 nitrogen and oxygen atoms in total. The Hall–Kier alpha value is -3.47. The van der Waals surface area contributed by atoms with Gasteiger partial charge in [0.15, 0.2) is 0 Å². The van der Waals surface area contributed by atoms with E-state index in [2.05, 4.69) is 4.98 Å². The Labute approximate surface area is 148 Å². The number of fused-ring (bicyclic) bond motifs is 2. The molecule has 0 bridgehead atoms. The van der Waals surface area contributed by atoms with Crippen molar-refractivity contribution in [2.45, 2.75) is 13.5 Å². The standard InChI is InChI=1S/C21H15NO4/c1-13-16(21(24)25-12-14-7-3-2-4-8-14)11-17-19(23)15-9-5-6-10-18(15)26-20(17)22-13/h2-11H,12H2,1H3. The van der Waals surface area contributed by atoms with Crippen LogP contribution in [-0.4, -0.2) is 11.0 Å². The molecule has 0 saturated heterocycles. The molecule has 0 N–H and O–H groups in total. The average Bonchev–Trinajstić information content (AvgIpc) is 2.67. The van der Waals surface area contributed by atoms with Gasteiger partial charge in [-0.1, -0.05) is 42.5 Å². The first-order chi connectivity index (χ1) is 12.6. The Morgan fingerprint density at radius 2 is 1.77 bits per heavy atom. The fraction of sp³-hybridized carbons (Fsp3) is 0.0952. The number of hydrogen-bond donors (Lipinski definition) is 0. The molecule has 0 atom stereocenters. The lowest BCUT2D eigenvalue weighted by Crippen LogP contribution is -2.11. The topological polar surface area (TPSA) is 69.4 Å². The maximum absolute atomic E-state index is 12.7. The molecule has 0 fully saturated rings. The van der Waals surface area contributed by atoms with Crippen molar-refractivity contribution in [1.29, 1.82) is 0 Å². The predicted octanol–water partition coefficient (Wildman–Crippen LogP) is 4.01. The number of aryl methyl sites for hydroxylation is 1. The smallest absolute Gasteiger partial charge is 0.340 e. The Morgan fingerprint density at radius 1 is 1.04 bits per heavy atom. The van der Waals surface area contributed by atoms with Crippen molar-refractivity contribution >= 4 is 28.0 Å². The molecule has 0 radical (unpaired) electrons. The van der Waals surface area contributed by atoms with E-state index in [0.717, 1.165) is 5.56 Å². The number of rotatable bonds is 3. The van der Waals surface area contributed by atoms with Crippen LogP contribution >= 0.6 is 0 Å². The number of carbonyl (C=O) groups excluding carboxylic acids is 1. The van der Waals surface area contributed by atoms with Gasteiger partial charge in [-0.05, 0) is 30.7 Å². The Balaban J connectivity index is 1.74. The molecular weight excluding hydrogens is 330 g/mol. The Morgan fingerprint density at radius 3 is 2.58 bits per heavy atom. The van der Waals surface area contributed by atoms with E-state index in [9.17, 15) is 9.59 Å². The van der Waals surface area contributed by atoms with Crippen LogP contribution in [0.4, 0.5) is 0 Å². The summed E-state index contributed by atoms with van der Waals surface area (Å²) >= 11 is 0. The van der Waals surface area contributed by atoms with Crippen molar-refractivity contribution < 1.29 is 13.9 Å². The highest BCUT2D eigenvalue weighted by atomic mass is 16.5. The molecule has 0 aliphatic rings. The number of esters is 1. The third kappa shape index (κ3) is 2.84. The summed E-state index contributed by atoms with van der Waals surface area (Å²) in [5.41, 5.74) is 2.07. The van der Waals surface area contributed by atoms with Crippen LogP contribution in [0.5, 0.6) is 0 Å². The number of aromatic nitrogens is 1. The summed E-state index contributed by atoms with van der Waals surface area (Å²) in [7, 11) is 0. The van der Waals surface area contributed by atoms with E-state index in [1.807, 2.05) is 30.3 Å². The van der Waals surface area contributed by atoms with Gasteiger partial charge in [0.2, 0.25) is 11.1 Å². The first-order valence-electron chi connectivity index (χ1n) is 8.18. The van der Waals surface area contributed by atoms with Gasteiger partial charge in [0.25, 0.3) is 0 Å². The van der Waals surface area contributed by atoms with Crippen molar-refractivity contribution in [2.24, 2.45) is 0 Å². The van der Waals surface area contributed by atoms with Gasteiger partial charge in [0, 0.05) is 0 Å². The van der Waals surface area contributed by atoms with Crippen LogP contribution in [0.15, 0.2) is 69.9 Å². The molecule has 2 aromatic heterocycles. The quantitative estimate of drug-likeness (QED) is 0.414. The second-order valence-electron chi connectivity index (χ2n) is 5.96. The highest BCUT2D eigenvalue weighted by molar-refractivity contribution is 5.96. The van der Waals surface area contributed by atoms with Crippen molar-refractivity contribution in [2.75, 3.05) is 0 Å². The second-order valence-corrected chi connectivity index (χ2v) is 5.96. The van der Waals surface area contributed by atoms with E-state index in [0.29, 0.717) is 16.7 Å². The first kappa shape index (κ1) is 16.0. The van der Waals surface area contributed by atoms with Crippen LogP contribution in [0.3, 0.4) is 0 Å². The number of pyridine rings is 1.